The second-order valence-corrected chi connectivity index (χ2v) is 9.49. The molecule has 2 amide bonds. The van der Waals surface area contributed by atoms with Crippen molar-refractivity contribution >= 4 is 18.0 Å². The summed E-state index contributed by atoms with van der Waals surface area (Å²) in [6.45, 7) is 0.00188. The van der Waals surface area contributed by atoms with Crippen molar-refractivity contribution in [3.63, 3.8) is 0 Å². The minimum atomic E-state index is -1.94. The number of amides is 2. The van der Waals surface area contributed by atoms with Crippen LogP contribution in [0.1, 0.15) is 42.7 Å². The number of carbonyl (C=O) groups is 3. The van der Waals surface area contributed by atoms with Crippen LogP contribution in [0.3, 0.4) is 0 Å². The molecule has 178 valence electrons. The number of nitrogens with one attached hydrogen (secondary N) is 1. The number of nitrogens with zero attached hydrogens (tertiary/aromatic N) is 1. The third kappa shape index (κ3) is 3.92. The Kier molecular flexibility index (Phi) is 5.77. The molecule has 2 fully saturated rings. The van der Waals surface area contributed by atoms with Gasteiger partial charge in [-0.1, -0.05) is 55.0 Å². The van der Waals surface area contributed by atoms with E-state index in [1.807, 2.05) is 36.4 Å². The predicted molar refractivity (Wildman–Crippen MR) is 123 cm³/mol. The van der Waals surface area contributed by atoms with E-state index >= 15 is 0 Å². The molecular formula is C26H28N2O6. The van der Waals surface area contributed by atoms with Gasteiger partial charge in [0, 0.05) is 18.9 Å². The van der Waals surface area contributed by atoms with E-state index in [1.54, 1.807) is 0 Å². The maximum Gasteiger partial charge on any atom is 0.407 e. The summed E-state index contributed by atoms with van der Waals surface area (Å²) in [6.07, 6.45) is 1.88. The van der Waals surface area contributed by atoms with Crippen LogP contribution in [0.4, 0.5) is 4.79 Å². The van der Waals surface area contributed by atoms with E-state index in [9.17, 15) is 24.6 Å². The molecule has 2 atom stereocenters. The minimum Gasteiger partial charge on any atom is -0.479 e. The highest BCUT2D eigenvalue weighted by molar-refractivity contribution is 5.88. The summed E-state index contributed by atoms with van der Waals surface area (Å²) in [7, 11) is 0. The number of hydrogen-bond donors (Lipinski definition) is 3. The van der Waals surface area contributed by atoms with Gasteiger partial charge in [-0.3, -0.25) is 4.79 Å². The highest BCUT2D eigenvalue weighted by Gasteiger charge is 2.47. The highest BCUT2D eigenvalue weighted by Crippen LogP contribution is 2.44. The third-order valence-electron chi connectivity index (χ3n) is 7.46. The Bertz CT molecular complexity index is 1080. The molecule has 2 unspecified atom stereocenters. The van der Waals surface area contributed by atoms with Crippen molar-refractivity contribution in [2.75, 3.05) is 19.7 Å². The molecule has 1 heterocycles. The molecule has 8 heteroatoms. The number of likely N-dealkylation sites (tertiary alicyclic amines) is 1. The Morgan fingerprint density at radius 2 is 1.68 bits per heavy atom. The van der Waals surface area contributed by atoms with Crippen molar-refractivity contribution in [1.29, 1.82) is 0 Å². The fourth-order valence-corrected chi connectivity index (χ4v) is 5.27. The fourth-order valence-electron chi connectivity index (χ4n) is 5.27. The number of benzene rings is 2. The molecule has 0 spiro atoms. The van der Waals surface area contributed by atoms with Gasteiger partial charge in [0.05, 0.1) is 6.54 Å². The zero-order valence-corrected chi connectivity index (χ0v) is 18.8. The SMILES string of the molecule is O=C(NC(C(=O)N1CCC(O)(C(=O)O)C1)C1CCC1)OCC1c2ccccc2-c2ccccc21. The van der Waals surface area contributed by atoms with Crippen molar-refractivity contribution in [2.45, 2.75) is 43.2 Å². The Balaban J connectivity index is 1.26. The largest absolute Gasteiger partial charge is 0.479 e. The number of fused-ring (bicyclic) bond motifs is 3. The van der Waals surface area contributed by atoms with E-state index in [2.05, 4.69) is 17.4 Å². The van der Waals surface area contributed by atoms with Gasteiger partial charge in [-0.2, -0.15) is 0 Å². The zero-order chi connectivity index (χ0) is 23.9. The van der Waals surface area contributed by atoms with Crippen molar-refractivity contribution < 1.29 is 29.3 Å². The van der Waals surface area contributed by atoms with Crippen molar-refractivity contribution in [1.82, 2.24) is 10.2 Å². The molecule has 3 aliphatic rings. The number of aliphatic carboxylic acids is 1. The quantitative estimate of drug-likeness (QED) is 0.605. The molecular weight excluding hydrogens is 436 g/mol. The summed E-state index contributed by atoms with van der Waals surface area (Å²) in [6, 6.07) is 15.3. The molecule has 2 aromatic carbocycles. The summed E-state index contributed by atoms with van der Waals surface area (Å²) in [5.74, 6) is -1.81. The number of alkyl carbamates (subject to hydrolysis) is 1. The van der Waals surface area contributed by atoms with Crippen molar-refractivity contribution in [3.8, 4) is 11.1 Å². The summed E-state index contributed by atoms with van der Waals surface area (Å²) in [5.41, 5.74) is 2.54. The van der Waals surface area contributed by atoms with Crippen molar-refractivity contribution in [3.05, 3.63) is 59.7 Å². The van der Waals surface area contributed by atoms with Gasteiger partial charge < -0.3 is 25.2 Å². The normalized spacial score (nSPS) is 22.4. The Labute approximate surface area is 197 Å². The molecule has 1 saturated carbocycles. The third-order valence-corrected chi connectivity index (χ3v) is 7.46. The molecule has 0 aromatic heterocycles. The molecule has 1 saturated heterocycles. The first-order valence-corrected chi connectivity index (χ1v) is 11.7. The lowest BCUT2D eigenvalue weighted by atomic mass is 9.79. The Morgan fingerprint density at radius 1 is 1.06 bits per heavy atom. The van der Waals surface area contributed by atoms with Gasteiger partial charge >= 0.3 is 12.1 Å². The average molecular weight is 465 g/mol. The molecule has 8 nitrogen and oxygen atoms in total. The first kappa shape index (κ1) is 22.4. The van der Waals surface area contributed by atoms with E-state index < -0.39 is 23.7 Å². The van der Waals surface area contributed by atoms with E-state index in [-0.39, 0.29) is 43.9 Å². The van der Waals surface area contributed by atoms with Crippen LogP contribution in [0.5, 0.6) is 0 Å². The lowest BCUT2D eigenvalue weighted by Gasteiger charge is -2.35. The second kappa shape index (κ2) is 8.76. The van der Waals surface area contributed by atoms with Gasteiger partial charge in [-0.05, 0) is 41.0 Å². The second-order valence-electron chi connectivity index (χ2n) is 9.49. The van der Waals surface area contributed by atoms with Gasteiger partial charge in [0.15, 0.2) is 5.60 Å². The zero-order valence-electron chi connectivity index (χ0n) is 18.8. The number of carbonyl (C=O) groups excluding carboxylic acids is 2. The number of hydrogen-bond acceptors (Lipinski definition) is 5. The van der Waals surface area contributed by atoms with Gasteiger partial charge in [0.2, 0.25) is 5.91 Å². The number of rotatable bonds is 6. The van der Waals surface area contributed by atoms with Crippen LogP contribution in [0.25, 0.3) is 11.1 Å². The first-order valence-electron chi connectivity index (χ1n) is 11.7. The van der Waals surface area contributed by atoms with Crippen LogP contribution in [-0.4, -0.2) is 64.4 Å². The molecule has 2 aliphatic carbocycles. The van der Waals surface area contributed by atoms with Gasteiger partial charge in [0.1, 0.15) is 12.6 Å². The maximum atomic E-state index is 13.2. The molecule has 34 heavy (non-hydrogen) atoms. The smallest absolute Gasteiger partial charge is 0.407 e. The summed E-state index contributed by atoms with van der Waals surface area (Å²) in [5, 5.41) is 22.2. The number of β-amino-alcohol motifs (C(OH)–C–C–N with tert-alkyl or cyclic N) is 1. The van der Waals surface area contributed by atoms with E-state index in [1.165, 1.54) is 4.90 Å². The van der Waals surface area contributed by atoms with Gasteiger partial charge in [-0.25, -0.2) is 9.59 Å². The summed E-state index contributed by atoms with van der Waals surface area (Å²) < 4.78 is 5.62. The lowest BCUT2D eigenvalue weighted by molar-refractivity contribution is -0.157. The van der Waals surface area contributed by atoms with E-state index in [4.69, 9.17) is 4.74 Å². The molecule has 2 aromatic rings. The molecule has 0 bridgehead atoms. The van der Waals surface area contributed by atoms with Crippen LogP contribution in [0.2, 0.25) is 0 Å². The fraction of sp³-hybridized carbons (Fsp3) is 0.423. The monoisotopic (exact) mass is 464 g/mol. The number of aliphatic hydroxyl groups is 1. The van der Waals surface area contributed by atoms with Crippen LogP contribution in [-0.2, 0) is 14.3 Å². The molecule has 5 rings (SSSR count). The average Bonchev–Trinajstić information content (AvgIpc) is 3.35. The number of ether oxygens (including phenoxy) is 1. The number of carboxylic acids is 1. The number of carboxylic acid groups (broad SMARTS) is 1. The van der Waals surface area contributed by atoms with Crippen LogP contribution in [0.15, 0.2) is 48.5 Å². The van der Waals surface area contributed by atoms with Crippen LogP contribution >= 0.6 is 0 Å². The molecule has 0 radical (unpaired) electrons. The van der Waals surface area contributed by atoms with Crippen molar-refractivity contribution in [2.24, 2.45) is 5.92 Å². The first-order chi connectivity index (χ1) is 16.4. The van der Waals surface area contributed by atoms with Gasteiger partial charge in [0.25, 0.3) is 0 Å². The summed E-state index contributed by atoms with van der Waals surface area (Å²) in [4.78, 5) is 38.6. The topological polar surface area (TPSA) is 116 Å². The van der Waals surface area contributed by atoms with E-state index in [0.29, 0.717) is 0 Å². The lowest BCUT2D eigenvalue weighted by Crippen LogP contribution is -2.54. The molecule has 1 aliphatic heterocycles. The van der Waals surface area contributed by atoms with Gasteiger partial charge in [-0.15, -0.1) is 0 Å². The van der Waals surface area contributed by atoms with Crippen LogP contribution in [0, 0.1) is 5.92 Å². The summed E-state index contributed by atoms with van der Waals surface area (Å²) >= 11 is 0. The minimum absolute atomic E-state index is 0.0218. The maximum absolute atomic E-state index is 13.2. The Hall–Kier alpha value is -3.39. The Morgan fingerprint density at radius 3 is 2.21 bits per heavy atom. The van der Waals surface area contributed by atoms with Crippen LogP contribution < -0.4 is 5.32 Å². The molecule has 3 N–H and O–H groups in total. The van der Waals surface area contributed by atoms with E-state index in [0.717, 1.165) is 41.5 Å². The highest BCUT2D eigenvalue weighted by atomic mass is 16.5. The standard InChI is InChI=1S/C26H28N2O6/c29-23(28-13-12-26(33,15-28)24(30)31)22(16-6-5-7-16)27-25(32)34-14-21-19-10-3-1-8-17(19)18-9-2-4-11-20(18)21/h1-4,8-11,16,21-22,33H,5-7,12-15H2,(H,27,32)(H,30,31). The predicted octanol–water partition coefficient (Wildman–Crippen LogP) is 2.74.